The molecule has 6 atom stereocenters. The third-order valence-electron chi connectivity index (χ3n) is 5.68. The fourth-order valence-electron chi connectivity index (χ4n) is 4.13. The molecular formula is C19H31N3O5S. The van der Waals surface area contributed by atoms with Gasteiger partial charge in [-0.15, -0.1) is 11.8 Å². The number of nitrogens with one attached hydrogen (secondary N) is 3. The number of alkyl carbamates (subject to hydrolysis) is 1. The van der Waals surface area contributed by atoms with Crippen LogP contribution in [0.5, 0.6) is 0 Å². The summed E-state index contributed by atoms with van der Waals surface area (Å²) in [6.45, 7) is 6.13. The topological polar surface area (TPSA) is 106 Å². The highest BCUT2D eigenvalue weighted by molar-refractivity contribution is 8.00. The van der Waals surface area contributed by atoms with Crippen LogP contribution in [0.3, 0.4) is 0 Å². The molecule has 0 aromatic rings. The molecule has 0 aromatic heterocycles. The minimum absolute atomic E-state index is 0.0124. The SMILES string of the molecule is CCOC(=O)NC(=O)C1CCSC1NC(=O)C1CCC2OC(C(C)C)NC2C1. The van der Waals surface area contributed by atoms with E-state index in [1.807, 2.05) is 0 Å². The minimum atomic E-state index is -0.736. The summed E-state index contributed by atoms with van der Waals surface area (Å²) in [7, 11) is 0. The van der Waals surface area contributed by atoms with Gasteiger partial charge >= 0.3 is 6.09 Å². The molecule has 6 unspecified atom stereocenters. The summed E-state index contributed by atoms with van der Waals surface area (Å²) in [5.74, 6) is 0.259. The Morgan fingerprint density at radius 1 is 1.21 bits per heavy atom. The van der Waals surface area contributed by atoms with Crippen LogP contribution in [0.15, 0.2) is 0 Å². The summed E-state index contributed by atoms with van der Waals surface area (Å²) in [5, 5.41) is 8.50. The van der Waals surface area contributed by atoms with Crippen molar-refractivity contribution in [1.82, 2.24) is 16.0 Å². The molecular weight excluding hydrogens is 382 g/mol. The van der Waals surface area contributed by atoms with Crippen LogP contribution in [0.2, 0.25) is 0 Å². The van der Waals surface area contributed by atoms with Crippen molar-refractivity contribution in [2.24, 2.45) is 17.8 Å². The number of fused-ring (bicyclic) bond motifs is 1. The lowest BCUT2D eigenvalue weighted by atomic mass is 9.83. The van der Waals surface area contributed by atoms with Crippen molar-refractivity contribution in [3.8, 4) is 0 Å². The van der Waals surface area contributed by atoms with Crippen molar-refractivity contribution in [1.29, 1.82) is 0 Å². The fourth-order valence-corrected chi connectivity index (χ4v) is 5.46. The standard InChI is InChI=1S/C19H31N3O5S/c1-4-26-19(25)22-16(24)12-7-8-28-18(12)21-15(23)11-5-6-14-13(9-11)20-17(27-14)10(2)3/h10-14,17-18,20H,4-9H2,1-3H3,(H,21,23)(H,22,24,25). The maximum absolute atomic E-state index is 12.8. The molecule has 1 aliphatic carbocycles. The zero-order chi connectivity index (χ0) is 20.3. The molecule has 3 aliphatic rings. The first kappa shape index (κ1) is 21.4. The number of amides is 3. The van der Waals surface area contributed by atoms with E-state index in [0.29, 0.717) is 12.3 Å². The fraction of sp³-hybridized carbons (Fsp3) is 0.842. The second kappa shape index (κ2) is 9.45. The molecule has 8 nitrogen and oxygen atoms in total. The Balaban J connectivity index is 1.51. The zero-order valence-electron chi connectivity index (χ0n) is 16.7. The minimum Gasteiger partial charge on any atom is -0.450 e. The number of hydrogen-bond acceptors (Lipinski definition) is 7. The van der Waals surface area contributed by atoms with Crippen molar-refractivity contribution in [3.05, 3.63) is 0 Å². The smallest absolute Gasteiger partial charge is 0.413 e. The van der Waals surface area contributed by atoms with Crippen LogP contribution in [0, 0.1) is 17.8 Å². The highest BCUT2D eigenvalue weighted by atomic mass is 32.2. The molecule has 3 fully saturated rings. The normalized spacial score (nSPS) is 34.7. The van der Waals surface area contributed by atoms with E-state index in [-0.39, 0.29) is 48.1 Å². The number of thioether (sulfide) groups is 1. The van der Waals surface area contributed by atoms with Gasteiger partial charge in [0.15, 0.2) is 0 Å². The van der Waals surface area contributed by atoms with Crippen molar-refractivity contribution in [2.45, 2.75) is 70.2 Å². The average molecular weight is 414 g/mol. The second-order valence-corrected chi connectivity index (χ2v) is 9.28. The van der Waals surface area contributed by atoms with Gasteiger partial charge in [-0.25, -0.2) is 4.79 Å². The van der Waals surface area contributed by atoms with Gasteiger partial charge in [-0.1, -0.05) is 13.8 Å². The van der Waals surface area contributed by atoms with E-state index in [9.17, 15) is 14.4 Å². The first-order valence-corrected chi connectivity index (χ1v) is 11.2. The van der Waals surface area contributed by atoms with Gasteiger partial charge in [0.25, 0.3) is 0 Å². The second-order valence-electron chi connectivity index (χ2n) is 8.03. The quantitative estimate of drug-likeness (QED) is 0.628. The summed E-state index contributed by atoms with van der Waals surface area (Å²) < 4.78 is 10.8. The van der Waals surface area contributed by atoms with Gasteiger partial charge in [-0.3, -0.25) is 20.2 Å². The molecule has 2 aliphatic heterocycles. The molecule has 2 heterocycles. The number of carbonyl (C=O) groups excluding carboxylic acids is 3. The summed E-state index contributed by atoms with van der Waals surface area (Å²) in [6, 6.07) is 0.205. The summed E-state index contributed by atoms with van der Waals surface area (Å²) in [4.78, 5) is 36.7. The van der Waals surface area contributed by atoms with Crippen molar-refractivity contribution in [2.75, 3.05) is 12.4 Å². The molecule has 0 bridgehead atoms. The summed E-state index contributed by atoms with van der Waals surface area (Å²) in [5.41, 5.74) is 0. The van der Waals surface area contributed by atoms with Crippen LogP contribution in [-0.4, -0.2) is 54.0 Å². The number of ether oxygens (including phenoxy) is 2. The largest absolute Gasteiger partial charge is 0.450 e. The van der Waals surface area contributed by atoms with E-state index in [1.165, 1.54) is 0 Å². The summed E-state index contributed by atoms with van der Waals surface area (Å²) in [6.07, 6.45) is 2.52. The van der Waals surface area contributed by atoms with E-state index in [1.54, 1.807) is 18.7 Å². The van der Waals surface area contributed by atoms with Gasteiger partial charge in [0.2, 0.25) is 11.8 Å². The Kier molecular flexibility index (Phi) is 7.22. The Morgan fingerprint density at radius 3 is 2.71 bits per heavy atom. The highest BCUT2D eigenvalue weighted by Gasteiger charge is 2.43. The van der Waals surface area contributed by atoms with Crippen molar-refractivity contribution >= 4 is 29.7 Å². The predicted octanol–water partition coefficient (Wildman–Crippen LogP) is 1.59. The Hall–Kier alpha value is -1.32. The third-order valence-corrected chi connectivity index (χ3v) is 6.95. The monoisotopic (exact) mass is 413 g/mol. The van der Waals surface area contributed by atoms with E-state index in [0.717, 1.165) is 25.0 Å². The lowest BCUT2D eigenvalue weighted by Crippen LogP contribution is -2.48. The van der Waals surface area contributed by atoms with Crippen LogP contribution >= 0.6 is 11.8 Å². The predicted molar refractivity (Wildman–Crippen MR) is 105 cm³/mol. The molecule has 158 valence electrons. The summed E-state index contributed by atoms with van der Waals surface area (Å²) >= 11 is 1.55. The number of imide groups is 1. The lowest BCUT2D eigenvalue weighted by molar-refractivity contribution is -0.128. The van der Waals surface area contributed by atoms with Gasteiger partial charge in [0, 0.05) is 12.0 Å². The van der Waals surface area contributed by atoms with Crippen LogP contribution in [0.25, 0.3) is 0 Å². The Morgan fingerprint density at radius 2 is 2.00 bits per heavy atom. The number of rotatable bonds is 5. The maximum Gasteiger partial charge on any atom is 0.413 e. The Bertz CT molecular complexity index is 602. The highest BCUT2D eigenvalue weighted by Crippen LogP contribution is 2.35. The van der Waals surface area contributed by atoms with Crippen molar-refractivity contribution < 1.29 is 23.9 Å². The van der Waals surface area contributed by atoms with Crippen molar-refractivity contribution in [3.63, 3.8) is 0 Å². The molecule has 0 radical (unpaired) electrons. The molecule has 0 spiro atoms. The van der Waals surface area contributed by atoms with E-state index < -0.39 is 12.0 Å². The van der Waals surface area contributed by atoms with Gasteiger partial charge in [0.1, 0.15) is 6.23 Å². The molecule has 1 saturated carbocycles. The first-order valence-electron chi connectivity index (χ1n) is 10.2. The van der Waals surface area contributed by atoms with Crippen LogP contribution in [0.1, 0.15) is 46.5 Å². The van der Waals surface area contributed by atoms with Gasteiger partial charge in [-0.05, 0) is 44.3 Å². The van der Waals surface area contributed by atoms with Gasteiger partial charge in [-0.2, -0.15) is 0 Å². The molecule has 3 amide bonds. The van der Waals surface area contributed by atoms with Gasteiger partial charge in [0.05, 0.1) is 24.0 Å². The van der Waals surface area contributed by atoms with Crippen LogP contribution < -0.4 is 16.0 Å². The molecule has 9 heteroatoms. The van der Waals surface area contributed by atoms with Crippen LogP contribution in [-0.2, 0) is 19.1 Å². The number of hydrogen-bond donors (Lipinski definition) is 3. The molecule has 3 N–H and O–H groups in total. The van der Waals surface area contributed by atoms with E-state index >= 15 is 0 Å². The molecule has 0 aromatic carbocycles. The molecule has 3 rings (SSSR count). The Labute approximate surface area is 170 Å². The number of carbonyl (C=O) groups is 3. The van der Waals surface area contributed by atoms with Crippen LogP contribution in [0.4, 0.5) is 4.79 Å². The van der Waals surface area contributed by atoms with E-state index in [2.05, 4.69) is 29.8 Å². The molecule has 28 heavy (non-hydrogen) atoms. The third kappa shape index (κ3) is 4.99. The first-order chi connectivity index (χ1) is 13.4. The lowest BCUT2D eigenvalue weighted by Gasteiger charge is -2.30. The van der Waals surface area contributed by atoms with E-state index in [4.69, 9.17) is 9.47 Å². The maximum atomic E-state index is 12.8. The zero-order valence-corrected chi connectivity index (χ0v) is 17.6. The molecule has 2 saturated heterocycles. The van der Waals surface area contributed by atoms with Gasteiger partial charge < -0.3 is 14.8 Å². The average Bonchev–Trinajstić information content (AvgIpc) is 3.27.